The SMILES string of the molecule is Cc1cccc(CN2CC3CN(C(=O)c4cc(Cc5n[nH]c(=O)c6ccccc56)ccc4F)CC3C2)[n+]1[O-]. The zero-order chi connectivity index (χ0) is 26.4. The fraction of sp³-hybridized carbons (Fsp3) is 0.310. The number of H-pyrrole nitrogens is 1. The summed E-state index contributed by atoms with van der Waals surface area (Å²) in [6.07, 6.45) is 0.358. The molecule has 9 heteroatoms. The standard InChI is InChI=1S/C29H28FN5O3/c1-18-5-4-6-22(35(18)38)17-33-13-20-15-34(16-21(20)14-33)29(37)25-11-19(9-10-26(25)30)12-27-23-7-2-3-8-24(23)28(36)32-31-27/h2-11,20-21H,12-17H2,1H3,(H,32,36). The van der Waals surface area contributed by atoms with E-state index in [0.29, 0.717) is 54.7 Å². The summed E-state index contributed by atoms with van der Waals surface area (Å²) in [4.78, 5) is 29.5. The molecule has 2 saturated heterocycles. The summed E-state index contributed by atoms with van der Waals surface area (Å²) in [5.41, 5.74) is 2.60. The minimum Gasteiger partial charge on any atom is -0.618 e. The van der Waals surface area contributed by atoms with Crippen LogP contribution in [0.2, 0.25) is 0 Å². The van der Waals surface area contributed by atoms with Gasteiger partial charge in [0.25, 0.3) is 11.5 Å². The molecule has 2 aliphatic rings. The number of aryl methyl sites for hydroxylation is 1. The lowest BCUT2D eigenvalue weighted by Crippen LogP contribution is -2.39. The number of aromatic nitrogens is 3. The Kier molecular flexibility index (Phi) is 6.15. The molecule has 1 amide bonds. The number of hydrogen-bond donors (Lipinski definition) is 1. The van der Waals surface area contributed by atoms with E-state index in [4.69, 9.17) is 0 Å². The Morgan fingerprint density at radius 3 is 2.55 bits per heavy atom. The van der Waals surface area contributed by atoms with Gasteiger partial charge in [0.15, 0.2) is 5.69 Å². The highest BCUT2D eigenvalue weighted by molar-refractivity contribution is 5.95. The van der Waals surface area contributed by atoms with Gasteiger partial charge in [-0.2, -0.15) is 9.83 Å². The van der Waals surface area contributed by atoms with Crippen LogP contribution in [0.3, 0.4) is 0 Å². The molecule has 2 fully saturated rings. The molecule has 2 aromatic heterocycles. The Bertz CT molecular complexity index is 1590. The maximum atomic E-state index is 14.8. The number of benzene rings is 2. The molecule has 0 spiro atoms. The van der Waals surface area contributed by atoms with Crippen LogP contribution in [0.4, 0.5) is 4.39 Å². The molecule has 6 rings (SSSR count). The number of hydrogen-bond acceptors (Lipinski definition) is 5. The minimum absolute atomic E-state index is 0.0558. The van der Waals surface area contributed by atoms with E-state index in [1.165, 1.54) is 6.07 Å². The first-order valence-corrected chi connectivity index (χ1v) is 12.8. The molecule has 0 radical (unpaired) electrons. The van der Waals surface area contributed by atoms with Crippen molar-refractivity contribution in [2.45, 2.75) is 19.9 Å². The Morgan fingerprint density at radius 1 is 1.05 bits per heavy atom. The van der Waals surface area contributed by atoms with Crippen LogP contribution in [-0.4, -0.2) is 52.1 Å². The van der Waals surface area contributed by atoms with Crippen LogP contribution in [0.1, 0.15) is 33.0 Å². The van der Waals surface area contributed by atoms with Gasteiger partial charge in [-0.1, -0.05) is 24.3 Å². The summed E-state index contributed by atoms with van der Waals surface area (Å²) in [6, 6.07) is 17.3. The van der Waals surface area contributed by atoms with Crippen LogP contribution in [0.15, 0.2) is 65.5 Å². The second kappa shape index (κ2) is 9.64. The maximum absolute atomic E-state index is 14.8. The van der Waals surface area contributed by atoms with Crippen molar-refractivity contribution in [2.75, 3.05) is 26.2 Å². The first kappa shape index (κ1) is 24.2. The molecule has 0 aliphatic carbocycles. The average molecular weight is 514 g/mol. The van der Waals surface area contributed by atoms with E-state index in [9.17, 15) is 19.2 Å². The van der Waals surface area contributed by atoms with E-state index in [2.05, 4.69) is 15.1 Å². The van der Waals surface area contributed by atoms with Crippen molar-refractivity contribution in [1.82, 2.24) is 20.0 Å². The number of halogens is 1. The summed E-state index contributed by atoms with van der Waals surface area (Å²) in [6.45, 7) is 5.12. The van der Waals surface area contributed by atoms with Crippen LogP contribution in [0, 0.1) is 29.8 Å². The number of nitrogens with zero attached hydrogens (tertiary/aromatic N) is 4. The van der Waals surface area contributed by atoms with E-state index < -0.39 is 5.82 Å². The number of likely N-dealkylation sites (tertiary alicyclic amines) is 2. The smallest absolute Gasteiger partial charge is 0.272 e. The van der Waals surface area contributed by atoms with Gasteiger partial charge in [0.1, 0.15) is 5.82 Å². The van der Waals surface area contributed by atoms with Crippen molar-refractivity contribution < 1.29 is 13.9 Å². The molecule has 2 unspecified atom stereocenters. The summed E-state index contributed by atoms with van der Waals surface area (Å²) in [7, 11) is 0. The molecular formula is C29H28FN5O3. The van der Waals surface area contributed by atoms with E-state index >= 15 is 0 Å². The van der Waals surface area contributed by atoms with Crippen LogP contribution in [-0.2, 0) is 13.0 Å². The van der Waals surface area contributed by atoms with Crippen LogP contribution < -0.4 is 10.3 Å². The highest BCUT2D eigenvalue weighted by Gasteiger charge is 2.42. The number of carbonyl (C=O) groups excluding carboxylic acids is 1. The number of fused-ring (bicyclic) bond motifs is 2. The molecule has 2 aliphatic heterocycles. The van der Waals surface area contributed by atoms with Crippen LogP contribution in [0.5, 0.6) is 0 Å². The van der Waals surface area contributed by atoms with Gasteiger partial charge in [-0.05, 0) is 41.7 Å². The Hall–Kier alpha value is -4.11. The van der Waals surface area contributed by atoms with Gasteiger partial charge in [0.2, 0.25) is 5.69 Å². The molecule has 1 N–H and O–H groups in total. The van der Waals surface area contributed by atoms with Crippen molar-refractivity contribution in [3.05, 3.63) is 110 Å². The third-order valence-corrected chi connectivity index (χ3v) is 7.85. The Labute approximate surface area is 218 Å². The molecule has 2 aromatic carbocycles. The molecule has 8 nitrogen and oxygen atoms in total. The lowest BCUT2D eigenvalue weighted by atomic mass is 10.0. The zero-order valence-electron chi connectivity index (χ0n) is 21.1. The molecule has 38 heavy (non-hydrogen) atoms. The van der Waals surface area contributed by atoms with Crippen molar-refractivity contribution in [3.63, 3.8) is 0 Å². The third kappa shape index (κ3) is 4.43. The Balaban J connectivity index is 1.15. The molecule has 2 atom stereocenters. The molecule has 194 valence electrons. The molecule has 0 saturated carbocycles. The quantitative estimate of drug-likeness (QED) is 0.327. The summed E-state index contributed by atoms with van der Waals surface area (Å²) >= 11 is 0. The lowest BCUT2D eigenvalue weighted by Gasteiger charge is -2.22. The summed E-state index contributed by atoms with van der Waals surface area (Å²) in [5, 5.41) is 20.4. The average Bonchev–Trinajstić information content (AvgIpc) is 3.48. The largest absolute Gasteiger partial charge is 0.618 e. The first-order valence-electron chi connectivity index (χ1n) is 12.8. The van der Waals surface area contributed by atoms with E-state index in [0.717, 1.165) is 34.5 Å². The predicted molar refractivity (Wildman–Crippen MR) is 140 cm³/mol. The van der Waals surface area contributed by atoms with E-state index in [-0.39, 0.29) is 17.0 Å². The number of nitrogens with one attached hydrogen (secondary N) is 1. The number of amides is 1. The summed E-state index contributed by atoms with van der Waals surface area (Å²) < 4.78 is 15.8. The maximum Gasteiger partial charge on any atom is 0.272 e. The van der Waals surface area contributed by atoms with E-state index in [1.807, 2.05) is 24.3 Å². The van der Waals surface area contributed by atoms with Gasteiger partial charge in [-0.15, -0.1) is 0 Å². The highest BCUT2D eigenvalue weighted by atomic mass is 19.1. The van der Waals surface area contributed by atoms with Crippen molar-refractivity contribution in [1.29, 1.82) is 0 Å². The van der Waals surface area contributed by atoms with Crippen LogP contribution in [0.25, 0.3) is 10.8 Å². The Morgan fingerprint density at radius 2 is 1.79 bits per heavy atom. The lowest BCUT2D eigenvalue weighted by molar-refractivity contribution is -0.622. The molecule has 4 aromatic rings. The fourth-order valence-electron chi connectivity index (χ4n) is 5.91. The van der Waals surface area contributed by atoms with Crippen molar-refractivity contribution in [2.24, 2.45) is 11.8 Å². The minimum atomic E-state index is -0.545. The number of aromatic amines is 1. The summed E-state index contributed by atoms with van der Waals surface area (Å²) in [5.74, 6) is -0.254. The van der Waals surface area contributed by atoms with Gasteiger partial charge < -0.3 is 10.1 Å². The van der Waals surface area contributed by atoms with Gasteiger partial charge >= 0.3 is 0 Å². The third-order valence-electron chi connectivity index (χ3n) is 7.85. The molecule has 4 heterocycles. The second-order valence-corrected chi connectivity index (χ2v) is 10.4. The van der Waals surface area contributed by atoms with Gasteiger partial charge in [0, 0.05) is 57.0 Å². The number of pyridine rings is 1. The van der Waals surface area contributed by atoms with Crippen molar-refractivity contribution in [3.8, 4) is 0 Å². The zero-order valence-corrected chi connectivity index (χ0v) is 21.1. The topological polar surface area (TPSA) is 96.2 Å². The van der Waals surface area contributed by atoms with E-state index in [1.54, 1.807) is 42.2 Å². The highest BCUT2D eigenvalue weighted by Crippen LogP contribution is 2.33. The number of rotatable bonds is 5. The monoisotopic (exact) mass is 513 g/mol. The van der Waals surface area contributed by atoms with Gasteiger partial charge in [-0.3, -0.25) is 14.5 Å². The molecular weight excluding hydrogens is 485 g/mol. The number of carbonyl (C=O) groups is 1. The molecule has 0 bridgehead atoms. The van der Waals surface area contributed by atoms with Crippen molar-refractivity contribution >= 4 is 16.7 Å². The second-order valence-electron chi connectivity index (χ2n) is 10.4. The van der Waals surface area contributed by atoms with Gasteiger partial charge in [0.05, 0.1) is 23.2 Å². The fourth-order valence-corrected chi connectivity index (χ4v) is 5.91. The normalized spacial score (nSPS) is 19.3. The van der Waals surface area contributed by atoms with Gasteiger partial charge in [-0.25, -0.2) is 9.49 Å². The van der Waals surface area contributed by atoms with Crippen LogP contribution >= 0.6 is 0 Å². The predicted octanol–water partition coefficient (Wildman–Crippen LogP) is 2.80. The first-order chi connectivity index (χ1) is 18.4.